The number of nitrogens with zero attached hydrogens (tertiary/aromatic N) is 3. The molecule has 2 fully saturated rings. The van der Waals surface area contributed by atoms with Crippen LogP contribution in [0.3, 0.4) is 0 Å². The van der Waals surface area contributed by atoms with Crippen LogP contribution < -0.4 is 15.4 Å². The first-order chi connectivity index (χ1) is 18.6. The van der Waals surface area contributed by atoms with Gasteiger partial charge < -0.3 is 25.4 Å². The molecule has 3 N–H and O–H groups in total. The van der Waals surface area contributed by atoms with Crippen molar-refractivity contribution in [3.8, 4) is 16.2 Å². The van der Waals surface area contributed by atoms with Gasteiger partial charge in [0.25, 0.3) is 11.8 Å². The smallest absolute Gasteiger partial charge is 0.280 e. The summed E-state index contributed by atoms with van der Waals surface area (Å²) in [6, 6.07) is 2.20. The molecule has 39 heavy (non-hydrogen) atoms. The number of rotatable bonds is 9. The zero-order valence-corrected chi connectivity index (χ0v) is 23.9. The fourth-order valence-electron chi connectivity index (χ4n) is 4.94. The molecular weight excluding hydrogens is 521 g/mol. The second kappa shape index (κ2) is 13.0. The maximum absolute atomic E-state index is 14.0. The summed E-state index contributed by atoms with van der Waals surface area (Å²) >= 11 is 1.08. The minimum atomic E-state index is -1.10. The van der Waals surface area contributed by atoms with E-state index in [1.165, 1.54) is 19.3 Å². The van der Waals surface area contributed by atoms with Gasteiger partial charge in [-0.1, -0.05) is 19.3 Å². The van der Waals surface area contributed by atoms with Gasteiger partial charge in [0, 0.05) is 37.9 Å². The van der Waals surface area contributed by atoms with Crippen LogP contribution in [0.1, 0.15) is 92.4 Å². The highest BCUT2D eigenvalue weighted by molar-refractivity contribution is 7.17. The van der Waals surface area contributed by atoms with E-state index in [4.69, 9.17) is 4.74 Å². The van der Waals surface area contributed by atoms with Crippen molar-refractivity contribution in [3.63, 3.8) is 0 Å². The lowest BCUT2D eigenvalue weighted by Gasteiger charge is -2.24. The van der Waals surface area contributed by atoms with Crippen molar-refractivity contribution < 1.29 is 23.8 Å². The Balaban J connectivity index is 1.69. The van der Waals surface area contributed by atoms with Crippen LogP contribution in [-0.4, -0.2) is 75.8 Å². The number of halogens is 1. The van der Waals surface area contributed by atoms with Crippen LogP contribution in [0, 0.1) is 0 Å². The summed E-state index contributed by atoms with van der Waals surface area (Å²) in [5, 5.41) is 16.3. The highest BCUT2D eigenvalue weighted by Gasteiger charge is 2.30. The molecule has 2 aromatic rings. The second-order valence-electron chi connectivity index (χ2n) is 11.0. The first-order valence-electron chi connectivity index (χ1n) is 14.0. The van der Waals surface area contributed by atoms with Gasteiger partial charge in [-0.05, 0) is 52.9 Å². The summed E-state index contributed by atoms with van der Waals surface area (Å²) in [5.41, 5.74) is -0.399. The number of anilines is 1. The second-order valence-corrected chi connectivity index (χ2v) is 12.0. The number of likely N-dealkylation sites (tertiary alicyclic amines) is 1. The Morgan fingerprint density at radius 2 is 1.95 bits per heavy atom. The van der Waals surface area contributed by atoms with Gasteiger partial charge in [-0.3, -0.25) is 9.59 Å². The van der Waals surface area contributed by atoms with Crippen LogP contribution in [0.25, 0.3) is 10.4 Å². The molecule has 2 amide bonds. The van der Waals surface area contributed by atoms with E-state index in [2.05, 4.69) is 20.6 Å². The fourth-order valence-corrected chi connectivity index (χ4v) is 5.93. The Morgan fingerprint density at radius 1 is 1.18 bits per heavy atom. The van der Waals surface area contributed by atoms with E-state index in [0.29, 0.717) is 54.0 Å². The predicted molar refractivity (Wildman–Crippen MR) is 150 cm³/mol. The average Bonchev–Trinajstić information content (AvgIpc) is 3.23. The van der Waals surface area contributed by atoms with Crippen LogP contribution in [0.4, 0.5) is 10.2 Å². The summed E-state index contributed by atoms with van der Waals surface area (Å²) in [4.78, 5) is 37.9. The summed E-state index contributed by atoms with van der Waals surface area (Å²) < 4.78 is 20.0. The molecule has 1 aliphatic heterocycles. The molecule has 1 unspecified atom stereocenters. The third-order valence-corrected chi connectivity index (χ3v) is 8.11. The van der Waals surface area contributed by atoms with Crippen molar-refractivity contribution in [1.82, 2.24) is 20.2 Å². The zero-order valence-electron chi connectivity index (χ0n) is 23.1. The number of carbonyl (C=O) groups is 2. The normalized spacial score (nSPS) is 18.9. The van der Waals surface area contributed by atoms with Crippen molar-refractivity contribution in [2.75, 3.05) is 31.6 Å². The molecule has 0 radical (unpaired) electrons. The number of ether oxygens (including phenoxy) is 1. The third kappa shape index (κ3) is 7.88. The number of nitrogens with one attached hydrogen (secondary N) is 2. The lowest BCUT2D eigenvalue weighted by atomic mass is 9.95. The topological polar surface area (TPSA) is 117 Å². The Morgan fingerprint density at radius 3 is 2.67 bits per heavy atom. The first-order valence-corrected chi connectivity index (χ1v) is 14.8. The molecule has 1 saturated heterocycles. The molecule has 0 spiro atoms. The van der Waals surface area contributed by atoms with E-state index in [0.717, 1.165) is 24.2 Å². The molecule has 2 aliphatic rings. The molecule has 11 heteroatoms. The minimum Gasteiger partial charge on any atom is -0.493 e. The quantitative estimate of drug-likeness (QED) is 0.402. The SMILES string of the molecule is CCOc1cc(NC2CCCCC2)ncc1-c1sc(C(=O)NCC(C)(C)O)nc1C(=O)N1CCCC(F)CC1. The summed E-state index contributed by atoms with van der Waals surface area (Å²) in [7, 11) is 0. The highest BCUT2D eigenvalue weighted by Crippen LogP contribution is 2.39. The van der Waals surface area contributed by atoms with Crippen LogP contribution in [-0.2, 0) is 0 Å². The van der Waals surface area contributed by atoms with E-state index >= 15 is 0 Å². The van der Waals surface area contributed by atoms with Gasteiger partial charge in [-0.15, -0.1) is 11.3 Å². The van der Waals surface area contributed by atoms with Crippen molar-refractivity contribution in [3.05, 3.63) is 23.0 Å². The molecule has 1 atom stereocenters. The summed E-state index contributed by atoms with van der Waals surface area (Å²) in [6.07, 6.45) is 7.83. The molecular formula is C28H40FN5O4S. The number of aromatic nitrogens is 2. The van der Waals surface area contributed by atoms with E-state index in [1.54, 1.807) is 24.9 Å². The number of amides is 2. The van der Waals surface area contributed by atoms with E-state index < -0.39 is 17.7 Å². The number of alkyl halides is 1. The van der Waals surface area contributed by atoms with Crippen molar-refractivity contribution in [1.29, 1.82) is 0 Å². The number of hydrogen-bond acceptors (Lipinski definition) is 8. The number of pyridine rings is 1. The van der Waals surface area contributed by atoms with Crippen LogP contribution >= 0.6 is 11.3 Å². The van der Waals surface area contributed by atoms with Gasteiger partial charge in [-0.25, -0.2) is 14.4 Å². The van der Waals surface area contributed by atoms with Gasteiger partial charge in [0.2, 0.25) is 0 Å². The maximum Gasteiger partial charge on any atom is 0.280 e. The van der Waals surface area contributed by atoms with Crippen molar-refractivity contribution in [2.45, 2.75) is 90.0 Å². The molecule has 2 aromatic heterocycles. The van der Waals surface area contributed by atoms with Crippen LogP contribution in [0.2, 0.25) is 0 Å². The highest BCUT2D eigenvalue weighted by atomic mass is 32.1. The van der Waals surface area contributed by atoms with Crippen LogP contribution in [0.5, 0.6) is 5.75 Å². The van der Waals surface area contributed by atoms with Gasteiger partial charge >= 0.3 is 0 Å². The lowest BCUT2D eigenvalue weighted by Crippen LogP contribution is -2.38. The third-order valence-electron chi connectivity index (χ3n) is 7.02. The van der Waals surface area contributed by atoms with Gasteiger partial charge in [0.15, 0.2) is 5.01 Å². The number of thiazole rings is 1. The first kappa shape index (κ1) is 29.2. The van der Waals surface area contributed by atoms with E-state index in [1.807, 2.05) is 13.0 Å². The summed E-state index contributed by atoms with van der Waals surface area (Å²) in [6.45, 7) is 6.23. The zero-order chi connectivity index (χ0) is 28.0. The van der Waals surface area contributed by atoms with E-state index in [-0.39, 0.29) is 36.1 Å². The number of hydrogen-bond donors (Lipinski definition) is 3. The predicted octanol–water partition coefficient (Wildman–Crippen LogP) is 4.81. The largest absolute Gasteiger partial charge is 0.493 e. The molecule has 4 rings (SSSR count). The molecule has 9 nitrogen and oxygen atoms in total. The fraction of sp³-hybridized carbons (Fsp3) is 0.643. The Labute approximate surface area is 233 Å². The lowest BCUT2D eigenvalue weighted by molar-refractivity contribution is 0.0693. The minimum absolute atomic E-state index is 0.0291. The number of carbonyl (C=O) groups excluding carboxylic acids is 2. The standard InChI is InChI=1S/C28H40FN5O4S/c1-4-38-21-15-22(32-19-10-6-5-7-11-19)30-16-20(21)24-23(27(36)34-13-8-9-18(29)12-14-34)33-26(39-24)25(35)31-17-28(2,3)37/h15-16,18-19,37H,4-14,17H2,1-3H3,(H,30,32)(H,31,35). The van der Waals surface area contributed by atoms with Gasteiger partial charge in [-0.2, -0.15) is 0 Å². The molecule has 0 aromatic carbocycles. The molecule has 1 aliphatic carbocycles. The molecule has 214 valence electrons. The number of aliphatic hydroxyl groups is 1. The average molecular weight is 562 g/mol. The van der Waals surface area contributed by atoms with Gasteiger partial charge in [0.05, 0.1) is 22.6 Å². The molecule has 0 bridgehead atoms. The Bertz CT molecular complexity index is 1150. The Kier molecular flexibility index (Phi) is 9.76. The van der Waals surface area contributed by atoms with Crippen molar-refractivity contribution in [2.24, 2.45) is 0 Å². The van der Waals surface area contributed by atoms with E-state index in [9.17, 15) is 19.1 Å². The Hall–Kier alpha value is -2.79. The van der Waals surface area contributed by atoms with Gasteiger partial charge in [0.1, 0.15) is 23.4 Å². The molecule has 3 heterocycles. The molecule has 1 saturated carbocycles. The van der Waals surface area contributed by atoms with Crippen molar-refractivity contribution >= 4 is 29.0 Å². The van der Waals surface area contributed by atoms with Crippen LogP contribution in [0.15, 0.2) is 12.3 Å². The monoisotopic (exact) mass is 561 g/mol. The summed E-state index contributed by atoms with van der Waals surface area (Å²) in [5.74, 6) is 0.426. The maximum atomic E-state index is 14.0.